The van der Waals surface area contributed by atoms with Crippen molar-refractivity contribution in [3.05, 3.63) is 69.5 Å². The standard InChI is InChI=1S/C23H21N5O4S/c1-3-14-13(2)24-23(26-21(14)29)28-20(11-15(27-28)19-9-6-10-33-19)25-22(30)18-12-31-16-7-4-5-8-17(16)32-18/h4-11,18H,3,12H2,1-2H3,(H,25,30)(H,24,26,29). The van der Waals surface area contributed by atoms with Gasteiger partial charge in [-0.25, -0.2) is 4.98 Å². The molecule has 1 aromatic carbocycles. The molecule has 1 unspecified atom stereocenters. The minimum absolute atomic E-state index is 0.0775. The number of aromatic nitrogens is 4. The third-order valence-electron chi connectivity index (χ3n) is 5.30. The summed E-state index contributed by atoms with van der Waals surface area (Å²) in [5, 5.41) is 9.40. The van der Waals surface area contributed by atoms with Gasteiger partial charge in [0, 0.05) is 17.3 Å². The van der Waals surface area contributed by atoms with Crippen molar-refractivity contribution in [1.82, 2.24) is 19.7 Å². The number of benzene rings is 1. The smallest absolute Gasteiger partial charge is 0.270 e. The first-order chi connectivity index (χ1) is 16.0. The van der Waals surface area contributed by atoms with Gasteiger partial charge in [-0.3, -0.25) is 14.6 Å². The van der Waals surface area contributed by atoms with Crippen LogP contribution >= 0.6 is 11.3 Å². The van der Waals surface area contributed by atoms with E-state index < -0.39 is 12.0 Å². The predicted octanol–water partition coefficient (Wildman–Crippen LogP) is 3.33. The molecule has 1 amide bonds. The van der Waals surface area contributed by atoms with E-state index in [1.54, 1.807) is 25.1 Å². The summed E-state index contributed by atoms with van der Waals surface area (Å²) in [6.45, 7) is 3.76. The molecule has 3 aromatic heterocycles. The van der Waals surface area contributed by atoms with Crippen LogP contribution in [0.15, 0.2) is 52.6 Å². The predicted molar refractivity (Wildman–Crippen MR) is 124 cm³/mol. The third-order valence-corrected chi connectivity index (χ3v) is 6.19. The Bertz CT molecular complexity index is 1380. The number of nitrogens with one attached hydrogen (secondary N) is 2. The number of carbonyl (C=O) groups is 1. The number of carbonyl (C=O) groups excluding carboxylic acids is 1. The highest BCUT2D eigenvalue weighted by molar-refractivity contribution is 7.13. The van der Waals surface area contributed by atoms with Crippen molar-refractivity contribution in [2.75, 3.05) is 11.9 Å². The third kappa shape index (κ3) is 4.00. The van der Waals surface area contributed by atoms with E-state index in [0.29, 0.717) is 40.7 Å². The van der Waals surface area contributed by atoms with Crippen molar-refractivity contribution in [1.29, 1.82) is 0 Å². The highest BCUT2D eigenvalue weighted by atomic mass is 32.1. The Labute approximate surface area is 193 Å². The molecule has 4 aromatic rings. The van der Waals surface area contributed by atoms with Crippen LogP contribution in [0.4, 0.5) is 5.82 Å². The van der Waals surface area contributed by atoms with E-state index in [9.17, 15) is 9.59 Å². The highest BCUT2D eigenvalue weighted by Gasteiger charge is 2.29. The number of hydrogen-bond donors (Lipinski definition) is 2. The molecule has 0 saturated heterocycles. The van der Waals surface area contributed by atoms with Crippen LogP contribution in [0.3, 0.4) is 0 Å². The lowest BCUT2D eigenvalue weighted by molar-refractivity contribution is -0.125. The summed E-state index contributed by atoms with van der Waals surface area (Å²) in [5.41, 5.74) is 1.64. The molecule has 0 saturated carbocycles. The largest absolute Gasteiger partial charge is 0.485 e. The molecule has 0 radical (unpaired) electrons. The number of fused-ring (bicyclic) bond motifs is 1. The van der Waals surface area contributed by atoms with Gasteiger partial charge in [-0.2, -0.15) is 9.78 Å². The van der Waals surface area contributed by atoms with Gasteiger partial charge in [0.15, 0.2) is 11.5 Å². The Morgan fingerprint density at radius 1 is 1.27 bits per heavy atom. The zero-order chi connectivity index (χ0) is 22.9. The minimum atomic E-state index is -0.843. The number of rotatable bonds is 5. The monoisotopic (exact) mass is 463 g/mol. The van der Waals surface area contributed by atoms with Crippen molar-refractivity contribution in [3.63, 3.8) is 0 Å². The Morgan fingerprint density at radius 3 is 2.82 bits per heavy atom. The van der Waals surface area contributed by atoms with E-state index in [1.165, 1.54) is 16.0 Å². The fourth-order valence-corrected chi connectivity index (χ4v) is 4.33. The van der Waals surface area contributed by atoms with Crippen LogP contribution in [0.1, 0.15) is 18.2 Å². The first kappa shape index (κ1) is 21.0. The van der Waals surface area contributed by atoms with E-state index in [0.717, 1.165) is 4.88 Å². The molecular formula is C23H21N5O4S. The number of anilines is 1. The number of nitrogens with zero attached hydrogens (tertiary/aromatic N) is 3. The van der Waals surface area contributed by atoms with Crippen LogP contribution in [0.25, 0.3) is 16.5 Å². The molecule has 33 heavy (non-hydrogen) atoms. The second-order valence-corrected chi connectivity index (χ2v) is 8.41. The lowest BCUT2D eigenvalue weighted by Gasteiger charge is -2.25. The van der Waals surface area contributed by atoms with Crippen LogP contribution in [0.2, 0.25) is 0 Å². The molecule has 0 aliphatic carbocycles. The average molecular weight is 464 g/mol. The summed E-state index contributed by atoms with van der Waals surface area (Å²) >= 11 is 1.52. The van der Waals surface area contributed by atoms with Crippen LogP contribution in [-0.4, -0.2) is 38.4 Å². The van der Waals surface area contributed by atoms with Gasteiger partial charge in [0.2, 0.25) is 12.1 Å². The van der Waals surface area contributed by atoms with E-state index >= 15 is 0 Å². The van der Waals surface area contributed by atoms with Gasteiger partial charge >= 0.3 is 0 Å². The first-order valence-corrected chi connectivity index (χ1v) is 11.3. The molecular weight excluding hydrogens is 442 g/mol. The van der Waals surface area contributed by atoms with Crippen molar-refractivity contribution in [3.8, 4) is 28.0 Å². The fraction of sp³-hybridized carbons (Fsp3) is 0.217. The maximum absolute atomic E-state index is 13.0. The minimum Gasteiger partial charge on any atom is -0.485 e. The Balaban J connectivity index is 1.49. The quantitative estimate of drug-likeness (QED) is 0.470. The van der Waals surface area contributed by atoms with E-state index in [-0.39, 0.29) is 18.1 Å². The fourth-order valence-electron chi connectivity index (χ4n) is 3.64. The van der Waals surface area contributed by atoms with E-state index in [2.05, 4.69) is 20.4 Å². The number of hydrogen-bond acceptors (Lipinski definition) is 7. The van der Waals surface area contributed by atoms with Gasteiger partial charge in [0.05, 0.1) is 4.88 Å². The zero-order valence-corrected chi connectivity index (χ0v) is 18.8. The lowest BCUT2D eigenvalue weighted by Crippen LogP contribution is -2.40. The molecule has 1 aliphatic heterocycles. The Hall–Kier alpha value is -3.92. The maximum Gasteiger partial charge on any atom is 0.270 e. The molecule has 10 heteroatoms. The molecule has 9 nitrogen and oxygen atoms in total. The Morgan fingerprint density at radius 2 is 2.09 bits per heavy atom. The number of amides is 1. The second kappa shape index (κ2) is 8.55. The van der Waals surface area contributed by atoms with E-state index in [4.69, 9.17) is 9.47 Å². The highest BCUT2D eigenvalue weighted by Crippen LogP contribution is 2.32. The van der Waals surface area contributed by atoms with Crippen molar-refractivity contribution >= 4 is 23.1 Å². The van der Waals surface area contributed by atoms with Gasteiger partial charge in [0.25, 0.3) is 11.5 Å². The summed E-state index contributed by atoms with van der Waals surface area (Å²) in [6.07, 6.45) is -0.275. The zero-order valence-electron chi connectivity index (χ0n) is 18.0. The van der Waals surface area contributed by atoms with Gasteiger partial charge in [-0.1, -0.05) is 25.1 Å². The van der Waals surface area contributed by atoms with Crippen molar-refractivity contribution < 1.29 is 14.3 Å². The van der Waals surface area contributed by atoms with Crippen LogP contribution in [0, 0.1) is 6.92 Å². The summed E-state index contributed by atoms with van der Waals surface area (Å²) in [6, 6.07) is 12.8. The molecule has 168 valence electrons. The average Bonchev–Trinajstić information content (AvgIpc) is 3.49. The van der Waals surface area contributed by atoms with Gasteiger partial charge in [-0.15, -0.1) is 11.3 Å². The lowest BCUT2D eigenvalue weighted by atomic mass is 10.2. The molecule has 5 rings (SSSR count). The van der Waals surface area contributed by atoms with Gasteiger partial charge in [-0.05, 0) is 36.9 Å². The molecule has 0 bridgehead atoms. The van der Waals surface area contributed by atoms with Crippen molar-refractivity contribution in [2.24, 2.45) is 0 Å². The van der Waals surface area contributed by atoms with Crippen molar-refractivity contribution in [2.45, 2.75) is 26.4 Å². The van der Waals surface area contributed by atoms with E-state index in [1.807, 2.05) is 36.6 Å². The maximum atomic E-state index is 13.0. The molecule has 2 N–H and O–H groups in total. The SMILES string of the molecule is CCc1c(C)nc(-n2nc(-c3cccs3)cc2NC(=O)C2COc3ccccc3O2)[nH]c1=O. The number of ether oxygens (including phenoxy) is 2. The van der Waals surface area contributed by atoms with Gasteiger partial charge in [0.1, 0.15) is 18.1 Å². The number of thiophene rings is 1. The number of H-pyrrole nitrogens is 1. The topological polar surface area (TPSA) is 111 Å². The normalized spacial score (nSPS) is 14.8. The van der Waals surface area contributed by atoms with Crippen LogP contribution in [-0.2, 0) is 11.2 Å². The molecule has 1 aliphatic rings. The molecule has 1 atom stereocenters. The summed E-state index contributed by atoms with van der Waals surface area (Å²) < 4.78 is 12.9. The summed E-state index contributed by atoms with van der Waals surface area (Å²) in [5.74, 6) is 1.29. The first-order valence-electron chi connectivity index (χ1n) is 10.5. The second-order valence-electron chi connectivity index (χ2n) is 7.46. The Kier molecular flexibility index (Phi) is 5.43. The number of aryl methyl sites for hydroxylation is 1. The van der Waals surface area contributed by atoms with Crippen LogP contribution in [0.5, 0.6) is 11.5 Å². The molecule has 0 spiro atoms. The summed E-state index contributed by atoms with van der Waals surface area (Å²) in [4.78, 5) is 33.8. The number of para-hydroxylation sites is 2. The summed E-state index contributed by atoms with van der Waals surface area (Å²) in [7, 11) is 0. The van der Waals surface area contributed by atoms with Crippen LogP contribution < -0.4 is 20.3 Å². The number of aromatic amines is 1. The molecule has 0 fully saturated rings. The molecule has 4 heterocycles. The van der Waals surface area contributed by atoms with Gasteiger partial charge < -0.3 is 14.8 Å².